The molecule has 2 aromatic heterocycles. The minimum absolute atomic E-state index is 0.116. The minimum atomic E-state index is -0.356. The Morgan fingerprint density at radius 3 is 2.65 bits per heavy atom. The van der Waals surface area contributed by atoms with Gasteiger partial charge in [0.25, 0.3) is 5.56 Å². The van der Waals surface area contributed by atoms with Crippen LogP contribution in [0, 0.1) is 0 Å². The van der Waals surface area contributed by atoms with Gasteiger partial charge in [-0.3, -0.25) is 13.9 Å². The number of piperidine rings is 1. The van der Waals surface area contributed by atoms with E-state index in [2.05, 4.69) is 16.8 Å². The van der Waals surface area contributed by atoms with Gasteiger partial charge in [-0.05, 0) is 19.3 Å². The average Bonchev–Trinajstić information content (AvgIpc) is 2.91. The van der Waals surface area contributed by atoms with Crippen molar-refractivity contribution >= 4 is 17.1 Å². The van der Waals surface area contributed by atoms with Crippen LogP contribution >= 0.6 is 0 Å². The second kappa shape index (κ2) is 5.84. The normalized spacial score (nSPS) is 18.8. The summed E-state index contributed by atoms with van der Waals surface area (Å²) < 4.78 is 4.52. The Kier molecular flexibility index (Phi) is 4.01. The Hall–Kier alpha value is -2.09. The molecule has 1 unspecified atom stereocenters. The molecule has 0 amide bonds. The summed E-state index contributed by atoms with van der Waals surface area (Å²) in [5.41, 5.74) is 6.37. The molecule has 0 aliphatic carbocycles. The van der Waals surface area contributed by atoms with Crippen LogP contribution in [0.25, 0.3) is 11.2 Å². The van der Waals surface area contributed by atoms with Gasteiger partial charge < -0.3 is 15.2 Å². The van der Waals surface area contributed by atoms with Crippen molar-refractivity contribution < 1.29 is 0 Å². The fourth-order valence-corrected chi connectivity index (χ4v) is 3.30. The molecule has 0 saturated carbocycles. The molecule has 8 nitrogen and oxygen atoms in total. The molecule has 1 fully saturated rings. The maximum atomic E-state index is 12.6. The summed E-state index contributed by atoms with van der Waals surface area (Å²) in [5, 5.41) is 0. The summed E-state index contributed by atoms with van der Waals surface area (Å²) in [6.45, 7) is 4.34. The van der Waals surface area contributed by atoms with Gasteiger partial charge in [-0.15, -0.1) is 0 Å². The highest BCUT2D eigenvalue weighted by Crippen LogP contribution is 2.23. The van der Waals surface area contributed by atoms with E-state index in [1.54, 1.807) is 7.05 Å². The van der Waals surface area contributed by atoms with Crippen molar-refractivity contribution in [3.63, 3.8) is 0 Å². The van der Waals surface area contributed by atoms with Gasteiger partial charge >= 0.3 is 5.69 Å². The van der Waals surface area contributed by atoms with Crippen LogP contribution in [0.4, 0.5) is 5.95 Å². The van der Waals surface area contributed by atoms with E-state index in [1.165, 1.54) is 11.6 Å². The van der Waals surface area contributed by atoms with Gasteiger partial charge in [-0.2, -0.15) is 4.98 Å². The maximum absolute atomic E-state index is 12.6. The standard InChI is InChI=1S/C15H24N6O2/c1-4-7-21-11-12(18(2)15(23)19(3)13(11)22)17-14(21)20-8-5-6-10(16)9-20/h10H,4-9,16H2,1-3H3. The van der Waals surface area contributed by atoms with E-state index in [0.29, 0.717) is 17.7 Å². The van der Waals surface area contributed by atoms with Crippen molar-refractivity contribution in [1.29, 1.82) is 0 Å². The molecular formula is C15H24N6O2. The molecule has 1 aliphatic rings. The molecule has 0 spiro atoms. The number of nitrogens with zero attached hydrogens (tertiary/aromatic N) is 5. The predicted octanol–water partition coefficient (Wildman–Crippen LogP) is -0.229. The van der Waals surface area contributed by atoms with E-state index < -0.39 is 0 Å². The minimum Gasteiger partial charge on any atom is -0.341 e. The monoisotopic (exact) mass is 320 g/mol. The molecule has 3 rings (SSSR count). The Bertz CT molecular complexity index is 846. The van der Waals surface area contributed by atoms with Gasteiger partial charge in [0, 0.05) is 39.8 Å². The lowest BCUT2D eigenvalue weighted by molar-refractivity contribution is 0.492. The maximum Gasteiger partial charge on any atom is 0.332 e. The van der Waals surface area contributed by atoms with Crippen LogP contribution in [0.1, 0.15) is 26.2 Å². The average molecular weight is 320 g/mol. The molecule has 2 N–H and O–H groups in total. The molecule has 2 aromatic rings. The molecule has 23 heavy (non-hydrogen) atoms. The second-order valence-corrected chi connectivity index (χ2v) is 6.29. The number of aromatic nitrogens is 4. The van der Waals surface area contributed by atoms with Gasteiger partial charge in [0.05, 0.1) is 0 Å². The first-order chi connectivity index (χ1) is 11.0. The number of fused-ring (bicyclic) bond motifs is 1. The number of anilines is 1. The van der Waals surface area contributed by atoms with E-state index in [1.807, 2.05) is 4.57 Å². The van der Waals surface area contributed by atoms with Gasteiger partial charge in [0.2, 0.25) is 5.95 Å². The van der Waals surface area contributed by atoms with Gasteiger partial charge in [0.15, 0.2) is 11.2 Å². The first-order valence-electron chi connectivity index (χ1n) is 8.12. The number of nitrogens with two attached hydrogens (primary N) is 1. The van der Waals surface area contributed by atoms with E-state index in [4.69, 9.17) is 5.73 Å². The molecule has 1 atom stereocenters. The van der Waals surface area contributed by atoms with E-state index in [-0.39, 0.29) is 17.3 Å². The highest BCUT2D eigenvalue weighted by Gasteiger charge is 2.25. The second-order valence-electron chi connectivity index (χ2n) is 6.29. The summed E-state index contributed by atoms with van der Waals surface area (Å²) >= 11 is 0. The van der Waals surface area contributed by atoms with Gasteiger partial charge in [-0.25, -0.2) is 4.79 Å². The van der Waals surface area contributed by atoms with Crippen molar-refractivity contribution in [2.75, 3.05) is 18.0 Å². The largest absolute Gasteiger partial charge is 0.341 e. The Labute approximate surface area is 134 Å². The van der Waals surface area contributed by atoms with Crippen LogP contribution in [-0.2, 0) is 20.6 Å². The third-order valence-electron chi connectivity index (χ3n) is 4.52. The molecule has 126 valence electrons. The molecule has 0 radical (unpaired) electrons. The van der Waals surface area contributed by atoms with E-state index >= 15 is 0 Å². The van der Waals surface area contributed by atoms with Crippen LogP contribution in [0.15, 0.2) is 9.59 Å². The quantitative estimate of drug-likeness (QED) is 0.843. The topological polar surface area (TPSA) is 91.1 Å². The summed E-state index contributed by atoms with van der Waals surface area (Å²) in [7, 11) is 3.16. The Morgan fingerprint density at radius 2 is 2.00 bits per heavy atom. The predicted molar refractivity (Wildman–Crippen MR) is 89.9 cm³/mol. The number of imidazole rings is 1. The SMILES string of the molecule is CCCn1c(N2CCCC(N)C2)nc2c1c(=O)n(C)c(=O)n2C. The third kappa shape index (κ3) is 2.46. The summed E-state index contributed by atoms with van der Waals surface area (Å²) in [4.78, 5) is 31.5. The Morgan fingerprint density at radius 1 is 1.26 bits per heavy atom. The van der Waals surface area contributed by atoms with Crippen LogP contribution in [0.2, 0.25) is 0 Å². The van der Waals surface area contributed by atoms with Gasteiger partial charge in [-0.1, -0.05) is 6.92 Å². The smallest absolute Gasteiger partial charge is 0.332 e. The Balaban J connectivity index is 2.28. The highest BCUT2D eigenvalue weighted by molar-refractivity contribution is 5.74. The van der Waals surface area contributed by atoms with Crippen LogP contribution in [0.5, 0.6) is 0 Å². The first kappa shape index (κ1) is 15.8. The van der Waals surface area contributed by atoms with E-state index in [9.17, 15) is 9.59 Å². The molecular weight excluding hydrogens is 296 g/mol. The number of hydrogen-bond acceptors (Lipinski definition) is 5. The van der Waals surface area contributed by atoms with Crippen LogP contribution in [-0.4, -0.2) is 37.8 Å². The van der Waals surface area contributed by atoms with Gasteiger partial charge in [0.1, 0.15) is 0 Å². The summed E-state index contributed by atoms with van der Waals surface area (Å²) in [5.74, 6) is 0.746. The van der Waals surface area contributed by atoms with Crippen LogP contribution in [0.3, 0.4) is 0 Å². The number of hydrogen-bond donors (Lipinski definition) is 1. The third-order valence-corrected chi connectivity index (χ3v) is 4.52. The fourth-order valence-electron chi connectivity index (χ4n) is 3.30. The fraction of sp³-hybridized carbons (Fsp3) is 0.667. The molecule has 3 heterocycles. The van der Waals surface area contributed by atoms with Crippen LogP contribution < -0.4 is 21.9 Å². The first-order valence-corrected chi connectivity index (χ1v) is 8.12. The molecule has 8 heteroatoms. The molecule has 0 bridgehead atoms. The molecule has 0 aromatic carbocycles. The zero-order chi connectivity index (χ0) is 16.7. The lowest BCUT2D eigenvalue weighted by Crippen LogP contribution is -2.44. The zero-order valence-electron chi connectivity index (χ0n) is 13.9. The van der Waals surface area contributed by atoms with Crippen molar-refractivity contribution in [2.45, 2.75) is 38.8 Å². The van der Waals surface area contributed by atoms with Crippen molar-refractivity contribution in [3.8, 4) is 0 Å². The van der Waals surface area contributed by atoms with Crippen molar-refractivity contribution in [3.05, 3.63) is 20.8 Å². The van der Waals surface area contributed by atoms with Crippen molar-refractivity contribution in [2.24, 2.45) is 19.8 Å². The summed E-state index contributed by atoms with van der Waals surface area (Å²) in [6.07, 6.45) is 2.89. The van der Waals surface area contributed by atoms with E-state index in [0.717, 1.165) is 42.9 Å². The zero-order valence-corrected chi connectivity index (χ0v) is 13.9. The number of aryl methyl sites for hydroxylation is 2. The van der Waals surface area contributed by atoms with Crippen molar-refractivity contribution in [1.82, 2.24) is 18.7 Å². The molecule has 1 saturated heterocycles. The highest BCUT2D eigenvalue weighted by atomic mass is 16.2. The lowest BCUT2D eigenvalue weighted by Gasteiger charge is -2.31. The summed E-state index contributed by atoms with van der Waals surface area (Å²) in [6, 6.07) is 0.116. The lowest BCUT2D eigenvalue weighted by atomic mass is 10.1. The molecule has 1 aliphatic heterocycles. The number of rotatable bonds is 3.